The fraction of sp³-hybridized carbons (Fsp3) is 0.333. The number of anilines is 1. The van der Waals surface area contributed by atoms with Crippen LogP contribution in [0.15, 0.2) is 18.2 Å². The van der Waals surface area contributed by atoms with E-state index in [1.165, 1.54) is 18.2 Å². The molecule has 18 heavy (non-hydrogen) atoms. The first-order chi connectivity index (χ1) is 8.32. The number of hydrogen-bond donors (Lipinski definition) is 4. The molecule has 1 aromatic carbocycles. The Bertz CT molecular complexity index is 471. The predicted octanol–water partition coefficient (Wildman–Crippen LogP) is 1.01. The van der Waals surface area contributed by atoms with Gasteiger partial charge in [-0.15, -0.1) is 0 Å². The van der Waals surface area contributed by atoms with E-state index in [4.69, 9.17) is 10.8 Å². The van der Waals surface area contributed by atoms with Crippen molar-refractivity contribution in [2.45, 2.75) is 19.9 Å². The Morgan fingerprint density at radius 3 is 2.44 bits per heavy atom. The van der Waals surface area contributed by atoms with E-state index < -0.39 is 17.9 Å². The number of phenols is 1. The second-order valence-corrected chi connectivity index (χ2v) is 4.30. The van der Waals surface area contributed by atoms with E-state index in [0.29, 0.717) is 0 Å². The van der Waals surface area contributed by atoms with Crippen LogP contribution in [0.4, 0.5) is 5.69 Å². The van der Waals surface area contributed by atoms with Crippen LogP contribution in [0.3, 0.4) is 0 Å². The summed E-state index contributed by atoms with van der Waals surface area (Å²) in [6.07, 6.45) is 0. The molecule has 5 N–H and O–H groups in total. The SMILES string of the molecule is CC(C)[C@H](N)C(=O)Nc1cc(C(=O)O)ccc1O. The third-order valence-corrected chi connectivity index (χ3v) is 2.52. The molecule has 0 bridgehead atoms. The summed E-state index contributed by atoms with van der Waals surface area (Å²) in [5.74, 6) is -1.87. The molecule has 6 heteroatoms. The van der Waals surface area contributed by atoms with Gasteiger partial charge in [-0.05, 0) is 24.1 Å². The molecule has 0 aliphatic heterocycles. The molecule has 1 aromatic rings. The molecule has 1 rings (SSSR count). The molecule has 0 aromatic heterocycles. The molecule has 0 saturated heterocycles. The van der Waals surface area contributed by atoms with Crippen molar-refractivity contribution in [1.82, 2.24) is 0 Å². The maximum absolute atomic E-state index is 11.7. The number of carbonyl (C=O) groups excluding carboxylic acids is 1. The second-order valence-electron chi connectivity index (χ2n) is 4.30. The highest BCUT2D eigenvalue weighted by atomic mass is 16.4. The Hall–Kier alpha value is -2.08. The van der Waals surface area contributed by atoms with Gasteiger partial charge in [0.15, 0.2) is 0 Å². The normalized spacial score (nSPS) is 12.2. The van der Waals surface area contributed by atoms with Gasteiger partial charge >= 0.3 is 5.97 Å². The van der Waals surface area contributed by atoms with Crippen LogP contribution in [-0.4, -0.2) is 28.1 Å². The number of aromatic hydroxyl groups is 1. The number of benzene rings is 1. The van der Waals surface area contributed by atoms with E-state index in [9.17, 15) is 14.7 Å². The minimum Gasteiger partial charge on any atom is -0.506 e. The van der Waals surface area contributed by atoms with Crippen LogP contribution in [0, 0.1) is 5.92 Å². The number of nitrogens with one attached hydrogen (secondary N) is 1. The summed E-state index contributed by atoms with van der Waals surface area (Å²) in [5, 5.41) is 20.8. The van der Waals surface area contributed by atoms with Crippen LogP contribution < -0.4 is 11.1 Å². The van der Waals surface area contributed by atoms with Crippen molar-refractivity contribution in [3.63, 3.8) is 0 Å². The maximum Gasteiger partial charge on any atom is 0.335 e. The van der Waals surface area contributed by atoms with Crippen molar-refractivity contribution in [2.75, 3.05) is 5.32 Å². The minimum atomic E-state index is -1.14. The number of rotatable bonds is 4. The van der Waals surface area contributed by atoms with Crippen molar-refractivity contribution in [3.05, 3.63) is 23.8 Å². The Labute approximate surface area is 104 Å². The first-order valence-electron chi connectivity index (χ1n) is 5.45. The van der Waals surface area contributed by atoms with E-state index >= 15 is 0 Å². The summed E-state index contributed by atoms with van der Waals surface area (Å²) in [7, 11) is 0. The summed E-state index contributed by atoms with van der Waals surface area (Å²) < 4.78 is 0. The molecule has 0 saturated carbocycles. The molecular weight excluding hydrogens is 236 g/mol. The Morgan fingerprint density at radius 1 is 1.33 bits per heavy atom. The molecule has 98 valence electrons. The number of phenolic OH excluding ortho intramolecular Hbond substituents is 1. The average Bonchev–Trinajstić information content (AvgIpc) is 2.30. The molecule has 1 atom stereocenters. The highest BCUT2D eigenvalue weighted by Crippen LogP contribution is 2.24. The minimum absolute atomic E-state index is 0.0266. The molecule has 0 fully saturated rings. The van der Waals surface area contributed by atoms with Gasteiger partial charge in [0.25, 0.3) is 0 Å². The van der Waals surface area contributed by atoms with Crippen LogP contribution >= 0.6 is 0 Å². The largest absolute Gasteiger partial charge is 0.506 e. The zero-order valence-corrected chi connectivity index (χ0v) is 10.2. The smallest absolute Gasteiger partial charge is 0.335 e. The van der Waals surface area contributed by atoms with Crippen LogP contribution in [0.25, 0.3) is 0 Å². The van der Waals surface area contributed by atoms with Gasteiger partial charge in [0.1, 0.15) is 5.75 Å². The number of carboxylic acid groups (broad SMARTS) is 1. The number of carboxylic acids is 1. The predicted molar refractivity (Wildman–Crippen MR) is 66.5 cm³/mol. The Morgan fingerprint density at radius 2 is 1.94 bits per heavy atom. The van der Waals surface area contributed by atoms with Gasteiger partial charge in [0.2, 0.25) is 5.91 Å². The van der Waals surface area contributed by atoms with Crippen molar-refractivity contribution in [2.24, 2.45) is 11.7 Å². The molecule has 0 unspecified atom stereocenters. The average molecular weight is 252 g/mol. The van der Waals surface area contributed by atoms with E-state index in [2.05, 4.69) is 5.32 Å². The highest BCUT2D eigenvalue weighted by Gasteiger charge is 2.19. The summed E-state index contributed by atoms with van der Waals surface area (Å²) in [5.41, 5.74) is 5.66. The monoisotopic (exact) mass is 252 g/mol. The van der Waals surface area contributed by atoms with Crippen molar-refractivity contribution >= 4 is 17.6 Å². The van der Waals surface area contributed by atoms with Crippen molar-refractivity contribution in [3.8, 4) is 5.75 Å². The summed E-state index contributed by atoms with van der Waals surface area (Å²) in [6, 6.07) is 2.91. The standard InChI is InChI=1S/C12H16N2O4/c1-6(2)10(13)11(16)14-8-5-7(12(17)18)3-4-9(8)15/h3-6,10,15H,13H2,1-2H3,(H,14,16)(H,17,18)/t10-/m0/s1. The van der Waals surface area contributed by atoms with Gasteiger partial charge in [-0.3, -0.25) is 4.79 Å². The first kappa shape index (κ1) is 14.0. The van der Waals surface area contributed by atoms with Crippen molar-refractivity contribution < 1.29 is 19.8 Å². The highest BCUT2D eigenvalue weighted by molar-refractivity contribution is 5.98. The zero-order chi connectivity index (χ0) is 13.9. The molecule has 0 heterocycles. The maximum atomic E-state index is 11.7. The van der Waals surface area contributed by atoms with Crippen LogP contribution in [0.5, 0.6) is 5.75 Å². The lowest BCUT2D eigenvalue weighted by molar-refractivity contribution is -0.118. The summed E-state index contributed by atoms with van der Waals surface area (Å²) in [6.45, 7) is 3.58. The van der Waals surface area contributed by atoms with Gasteiger partial charge in [0, 0.05) is 0 Å². The molecular formula is C12H16N2O4. The molecule has 6 nitrogen and oxygen atoms in total. The zero-order valence-electron chi connectivity index (χ0n) is 10.2. The molecule has 0 spiro atoms. The van der Waals surface area contributed by atoms with E-state index in [1.54, 1.807) is 13.8 Å². The lowest BCUT2D eigenvalue weighted by Crippen LogP contribution is -2.39. The number of amides is 1. The fourth-order valence-corrected chi connectivity index (χ4v) is 1.29. The summed E-state index contributed by atoms with van der Waals surface area (Å²) in [4.78, 5) is 22.5. The molecule has 1 amide bonds. The number of nitrogens with two attached hydrogens (primary N) is 1. The number of aromatic carboxylic acids is 1. The van der Waals surface area contributed by atoms with E-state index in [0.717, 1.165) is 0 Å². The second kappa shape index (κ2) is 5.50. The van der Waals surface area contributed by atoms with Crippen LogP contribution in [-0.2, 0) is 4.79 Å². The van der Waals surface area contributed by atoms with Gasteiger partial charge in [0.05, 0.1) is 17.3 Å². The van der Waals surface area contributed by atoms with E-state index in [-0.39, 0.29) is 22.9 Å². The topological polar surface area (TPSA) is 113 Å². The van der Waals surface area contributed by atoms with Gasteiger partial charge < -0.3 is 21.3 Å². The van der Waals surface area contributed by atoms with Gasteiger partial charge in [-0.25, -0.2) is 4.79 Å². The van der Waals surface area contributed by atoms with Gasteiger partial charge in [-0.1, -0.05) is 13.8 Å². The van der Waals surface area contributed by atoms with E-state index in [1.807, 2.05) is 0 Å². The van der Waals surface area contributed by atoms with Crippen LogP contribution in [0.1, 0.15) is 24.2 Å². The Balaban J connectivity index is 2.93. The van der Waals surface area contributed by atoms with Gasteiger partial charge in [-0.2, -0.15) is 0 Å². The van der Waals surface area contributed by atoms with Crippen molar-refractivity contribution in [1.29, 1.82) is 0 Å². The third-order valence-electron chi connectivity index (χ3n) is 2.52. The Kier molecular flexibility index (Phi) is 4.28. The first-order valence-corrected chi connectivity index (χ1v) is 5.45. The number of hydrogen-bond acceptors (Lipinski definition) is 4. The summed E-state index contributed by atoms with van der Waals surface area (Å²) >= 11 is 0. The fourth-order valence-electron chi connectivity index (χ4n) is 1.29. The lowest BCUT2D eigenvalue weighted by atomic mass is 10.0. The molecule has 0 aliphatic rings. The molecule has 0 aliphatic carbocycles. The quantitative estimate of drug-likeness (QED) is 0.597. The van der Waals surface area contributed by atoms with Crippen LogP contribution in [0.2, 0.25) is 0 Å². The lowest BCUT2D eigenvalue weighted by Gasteiger charge is -2.16. The number of carbonyl (C=O) groups is 2. The third kappa shape index (κ3) is 3.21. The molecule has 0 radical (unpaired) electrons.